The van der Waals surface area contributed by atoms with Crippen LogP contribution in [0.4, 0.5) is 0 Å². The molecule has 3 heteroatoms. The number of nitrogens with one attached hydrogen (secondary N) is 2. The monoisotopic (exact) mass is 217 g/mol. The van der Waals surface area contributed by atoms with Gasteiger partial charge < -0.3 is 10.6 Å². The van der Waals surface area contributed by atoms with Gasteiger partial charge in [0.2, 0.25) is 0 Å². The van der Waals surface area contributed by atoms with Gasteiger partial charge in [0.25, 0.3) is 0 Å². The zero-order valence-corrected chi connectivity index (χ0v) is 9.74. The molecule has 1 aliphatic rings. The lowest BCUT2D eigenvalue weighted by Crippen LogP contribution is -2.42. The second-order valence-corrected chi connectivity index (χ2v) is 4.20. The van der Waals surface area contributed by atoms with Gasteiger partial charge in [-0.2, -0.15) is 0 Å². The van der Waals surface area contributed by atoms with Crippen molar-refractivity contribution in [2.45, 2.75) is 19.3 Å². The molecule has 0 aromatic heterocycles. The second kappa shape index (κ2) is 5.54. The normalized spacial score (nSPS) is 17.2. The van der Waals surface area contributed by atoms with Crippen LogP contribution in [0.25, 0.3) is 0 Å². The topological polar surface area (TPSA) is 36.4 Å². The predicted octanol–water partition coefficient (Wildman–Crippen LogP) is 1.73. The van der Waals surface area contributed by atoms with Gasteiger partial charge in [-0.1, -0.05) is 37.3 Å². The van der Waals surface area contributed by atoms with Gasteiger partial charge in [0.05, 0.1) is 0 Å². The zero-order valence-electron chi connectivity index (χ0n) is 9.74. The summed E-state index contributed by atoms with van der Waals surface area (Å²) in [6.45, 7) is 5.13. The maximum Gasteiger partial charge on any atom is 0.191 e. The standard InChI is InChI=1S/C13H19N3/c1-11(12-6-3-2-4-7-12)10-16-13-14-8-5-9-15-13/h2-4,6-7,11H,5,8-10H2,1H3,(H2,14,15,16). The average Bonchev–Trinajstić information content (AvgIpc) is 2.38. The number of aliphatic imine (C=N–C) groups is 1. The van der Waals surface area contributed by atoms with E-state index in [1.165, 1.54) is 5.56 Å². The van der Waals surface area contributed by atoms with Gasteiger partial charge in [0, 0.05) is 19.6 Å². The van der Waals surface area contributed by atoms with Crippen LogP contribution in [0.3, 0.4) is 0 Å². The Morgan fingerprint density at radius 2 is 2.19 bits per heavy atom. The van der Waals surface area contributed by atoms with Crippen molar-refractivity contribution in [3.63, 3.8) is 0 Å². The SMILES string of the molecule is CC(CNC1=NCCCN1)c1ccccc1. The molecule has 1 atom stereocenters. The van der Waals surface area contributed by atoms with E-state index in [-0.39, 0.29) is 0 Å². The number of benzene rings is 1. The molecule has 0 bridgehead atoms. The molecule has 0 saturated carbocycles. The Kier molecular flexibility index (Phi) is 3.81. The molecule has 0 radical (unpaired) electrons. The number of rotatable bonds is 3. The lowest BCUT2D eigenvalue weighted by atomic mass is 10.0. The fourth-order valence-corrected chi connectivity index (χ4v) is 1.80. The highest BCUT2D eigenvalue weighted by atomic mass is 15.2. The highest BCUT2D eigenvalue weighted by Gasteiger charge is 2.07. The van der Waals surface area contributed by atoms with Gasteiger partial charge in [0.15, 0.2) is 5.96 Å². The van der Waals surface area contributed by atoms with Crippen molar-refractivity contribution in [2.75, 3.05) is 19.6 Å². The van der Waals surface area contributed by atoms with Gasteiger partial charge in [-0.05, 0) is 17.9 Å². The summed E-state index contributed by atoms with van der Waals surface area (Å²) >= 11 is 0. The van der Waals surface area contributed by atoms with E-state index < -0.39 is 0 Å². The van der Waals surface area contributed by atoms with Crippen molar-refractivity contribution in [3.8, 4) is 0 Å². The smallest absolute Gasteiger partial charge is 0.191 e. The summed E-state index contributed by atoms with van der Waals surface area (Å²) in [5.41, 5.74) is 1.37. The molecule has 0 saturated heterocycles. The van der Waals surface area contributed by atoms with E-state index in [2.05, 4.69) is 52.9 Å². The first kappa shape index (κ1) is 11.0. The van der Waals surface area contributed by atoms with Crippen molar-refractivity contribution in [1.82, 2.24) is 10.6 Å². The molecule has 0 aliphatic carbocycles. The Labute approximate surface area is 97.0 Å². The van der Waals surface area contributed by atoms with Gasteiger partial charge >= 0.3 is 0 Å². The first-order chi connectivity index (χ1) is 7.86. The maximum atomic E-state index is 4.39. The van der Waals surface area contributed by atoms with Gasteiger partial charge in [0.1, 0.15) is 0 Å². The minimum absolute atomic E-state index is 0.507. The van der Waals surface area contributed by atoms with Crippen LogP contribution in [0.2, 0.25) is 0 Å². The predicted molar refractivity (Wildman–Crippen MR) is 67.8 cm³/mol. The first-order valence-electron chi connectivity index (χ1n) is 5.93. The number of guanidine groups is 1. The molecule has 2 N–H and O–H groups in total. The van der Waals surface area contributed by atoms with Crippen molar-refractivity contribution in [3.05, 3.63) is 35.9 Å². The van der Waals surface area contributed by atoms with E-state index in [0.29, 0.717) is 5.92 Å². The molecule has 3 nitrogen and oxygen atoms in total. The Balaban J connectivity index is 1.84. The maximum absolute atomic E-state index is 4.39. The number of nitrogens with zero attached hydrogens (tertiary/aromatic N) is 1. The molecule has 1 heterocycles. The lowest BCUT2D eigenvalue weighted by molar-refractivity contribution is 0.665. The van der Waals surface area contributed by atoms with E-state index in [4.69, 9.17) is 0 Å². The highest BCUT2D eigenvalue weighted by Crippen LogP contribution is 2.12. The molecular formula is C13H19N3. The van der Waals surface area contributed by atoms with Crippen LogP contribution in [0, 0.1) is 0 Å². The minimum Gasteiger partial charge on any atom is -0.356 e. The zero-order chi connectivity index (χ0) is 11.2. The third-order valence-electron chi connectivity index (χ3n) is 2.84. The van der Waals surface area contributed by atoms with Crippen molar-refractivity contribution >= 4 is 5.96 Å². The van der Waals surface area contributed by atoms with E-state index in [9.17, 15) is 0 Å². The fourth-order valence-electron chi connectivity index (χ4n) is 1.80. The van der Waals surface area contributed by atoms with Crippen molar-refractivity contribution in [1.29, 1.82) is 0 Å². The van der Waals surface area contributed by atoms with Crippen LogP contribution < -0.4 is 10.6 Å². The largest absolute Gasteiger partial charge is 0.356 e. The molecule has 0 spiro atoms. The van der Waals surface area contributed by atoms with Crippen LogP contribution >= 0.6 is 0 Å². The van der Waals surface area contributed by atoms with Crippen LogP contribution in [0.15, 0.2) is 35.3 Å². The molecule has 1 unspecified atom stereocenters. The highest BCUT2D eigenvalue weighted by molar-refractivity contribution is 5.80. The average molecular weight is 217 g/mol. The summed E-state index contributed by atoms with van der Waals surface area (Å²) in [6.07, 6.45) is 1.14. The van der Waals surface area contributed by atoms with Gasteiger partial charge in [-0.25, -0.2) is 0 Å². The third-order valence-corrected chi connectivity index (χ3v) is 2.84. The third kappa shape index (κ3) is 2.99. The Bertz CT molecular complexity index is 345. The van der Waals surface area contributed by atoms with E-state index >= 15 is 0 Å². The van der Waals surface area contributed by atoms with Gasteiger partial charge in [-0.3, -0.25) is 4.99 Å². The fraction of sp³-hybridized carbons (Fsp3) is 0.462. The molecule has 1 aromatic carbocycles. The summed E-state index contributed by atoms with van der Waals surface area (Å²) in [5, 5.41) is 6.62. The molecule has 0 fully saturated rings. The van der Waals surface area contributed by atoms with E-state index in [0.717, 1.165) is 32.0 Å². The first-order valence-corrected chi connectivity index (χ1v) is 5.93. The van der Waals surface area contributed by atoms with Crippen molar-refractivity contribution < 1.29 is 0 Å². The minimum atomic E-state index is 0.507. The van der Waals surface area contributed by atoms with Crippen LogP contribution in [0.5, 0.6) is 0 Å². The Morgan fingerprint density at radius 1 is 1.38 bits per heavy atom. The van der Waals surface area contributed by atoms with Crippen LogP contribution in [0.1, 0.15) is 24.8 Å². The molecule has 1 aromatic rings. The summed E-state index contributed by atoms with van der Waals surface area (Å²) in [6, 6.07) is 10.6. The number of hydrogen-bond donors (Lipinski definition) is 2. The number of hydrogen-bond acceptors (Lipinski definition) is 3. The quantitative estimate of drug-likeness (QED) is 0.809. The lowest BCUT2D eigenvalue weighted by Gasteiger charge is -2.19. The molecular weight excluding hydrogens is 198 g/mol. The molecule has 2 rings (SSSR count). The molecule has 1 aliphatic heterocycles. The summed E-state index contributed by atoms with van der Waals surface area (Å²) in [4.78, 5) is 4.39. The Morgan fingerprint density at radius 3 is 2.88 bits per heavy atom. The summed E-state index contributed by atoms with van der Waals surface area (Å²) in [7, 11) is 0. The summed E-state index contributed by atoms with van der Waals surface area (Å²) < 4.78 is 0. The summed E-state index contributed by atoms with van der Waals surface area (Å²) in [5.74, 6) is 1.46. The molecule has 16 heavy (non-hydrogen) atoms. The van der Waals surface area contributed by atoms with Crippen molar-refractivity contribution in [2.24, 2.45) is 4.99 Å². The van der Waals surface area contributed by atoms with E-state index in [1.54, 1.807) is 0 Å². The molecule has 86 valence electrons. The molecule has 0 amide bonds. The Hall–Kier alpha value is -1.51. The second-order valence-electron chi connectivity index (χ2n) is 4.20. The van der Waals surface area contributed by atoms with E-state index in [1.807, 2.05) is 0 Å². The van der Waals surface area contributed by atoms with Crippen LogP contribution in [-0.4, -0.2) is 25.6 Å². The van der Waals surface area contributed by atoms with Crippen LogP contribution in [-0.2, 0) is 0 Å². The van der Waals surface area contributed by atoms with Gasteiger partial charge in [-0.15, -0.1) is 0 Å².